The summed E-state index contributed by atoms with van der Waals surface area (Å²) in [5.74, 6) is 0. The summed E-state index contributed by atoms with van der Waals surface area (Å²) in [6.45, 7) is 18.4. The molecule has 7 heteroatoms. The van der Waals surface area contributed by atoms with Gasteiger partial charge in [0.05, 0.1) is 13.2 Å². The normalized spacial score (nSPS) is 13.0. The SMILES string of the molecule is CCCCCCCOC(CCCCCCCCCCCC=CC(OCCCC)OC(C=CCCCCCCCCCCCC(OCCCCCCC)OCCCCCCC)OCCCC)OCCCCCCC. The van der Waals surface area contributed by atoms with Crippen LogP contribution < -0.4 is 0 Å². The molecule has 0 aromatic rings. The van der Waals surface area contributed by atoms with Crippen LogP contribution in [0.4, 0.5) is 0 Å². The van der Waals surface area contributed by atoms with Crippen LogP contribution >= 0.6 is 0 Å². The summed E-state index contributed by atoms with van der Waals surface area (Å²) in [4.78, 5) is 0. The molecule has 0 amide bonds. The highest BCUT2D eigenvalue weighted by Gasteiger charge is 2.14. The van der Waals surface area contributed by atoms with E-state index >= 15 is 0 Å². The van der Waals surface area contributed by atoms with Crippen molar-refractivity contribution < 1.29 is 33.2 Å². The van der Waals surface area contributed by atoms with Gasteiger partial charge in [-0.05, 0) is 102 Å². The molecule has 0 aliphatic carbocycles. The second kappa shape index (κ2) is 63.7. The molecule has 0 aliphatic rings. The zero-order valence-electron chi connectivity index (χ0n) is 50.2. The van der Waals surface area contributed by atoms with Gasteiger partial charge < -0.3 is 33.2 Å². The molecule has 0 saturated heterocycles. The number of ether oxygens (including phenoxy) is 7. The first-order chi connectivity index (χ1) is 36.1. The van der Waals surface area contributed by atoms with Crippen LogP contribution in [0.5, 0.6) is 0 Å². The monoisotopic (exact) mass is 1030 g/mol. The maximum atomic E-state index is 6.46. The van der Waals surface area contributed by atoms with Crippen LogP contribution in [0.2, 0.25) is 0 Å². The van der Waals surface area contributed by atoms with Crippen molar-refractivity contribution in [3.63, 3.8) is 0 Å². The molecule has 0 aromatic heterocycles. The zero-order valence-corrected chi connectivity index (χ0v) is 50.2. The molecular weight excluding hydrogens is 905 g/mol. The van der Waals surface area contributed by atoms with Crippen molar-refractivity contribution in [2.24, 2.45) is 0 Å². The molecule has 0 radical (unpaired) electrons. The van der Waals surface area contributed by atoms with E-state index in [-0.39, 0.29) is 25.2 Å². The van der Waals surface area contributed by atoms with Crippen LogP contribution in [-0.2, 0) is 33.2 Å². The predicted octanol–water partition coefficient (Wildman–Crippen LogP) is 21.6. The van der Waals surface area contributed by atoms with Gasteiger partial charge in [-0.1, -0.05) is 259 Å². The van der Waals surface area contributed by atoms with Gasteiger partial charge in [-0.25, -0.2) is 0 Å². The van der Waals surface area contributed by atoms with Gasteiger partial charge >= 0.3 is 0 Å². The minimum absolute atomic E-state index is 0.00360. The molecule has 0 fully saturated rings. The first-order valence-electron chi connectivity index (χ1n) is 32.8. The first kappa shape index (κ1) is 72.2. The summed E-state index contributed by atoms with van der Waals surface area (Å²) in [6, 6.07) is 0. The molecule has 436 valence electrons. The second-order valence-electron chi connectivity index (χ2n) is 21.7. The molecule has 73 heavy (non-hydrogen) atoms. The van der Waals surface area contributed by atoms with E-state index in [4.69, 9.17) is 33.2 Å². The van der Waals surface area contributed by atoms with Crippen molar-refractivity contribution >= 4 is 0 Å². The molecule has 0 heterocycles. The van der Waals surface area contributed by atoms with Crippen LogP contribution in [0, 0.1) is 0 Å². The van der Waals surface area contributed by atoms with E-state index < -0.39 is 0 Å². The highest BCUT2D eigenvalue weighted by Crippen LogP contribution is 2.19. The lowest BCUT2D eigenvalue weighted by molar-refractivity contribution is -0.208. The lowest BCUT2D eigenvalue weighted by Crippen LogP contribution is -2.25. The van der Waals surface area contributed by atoms with E-state index in [9.17, 15) is 0 Å². The van der Waals surface area contributed by atoms with Gasteiger partial charge in [0.1, 0.15) is 0 Å². The smallest absolute Gasteiger partial charge is 0.180 e. The number of unbranched alkanes of at least 4 members (excludes halogenated alkanes) is 36. The lowest BCUT2D eigenvalue weighted by atomic mass is 10.1. The van der Waals surface area contributed by atoms with Crippen LogP contribution in [0.1, 0.15) is 337 Å². The number of hydrogen-bond donors (Lipinski definition) is 0. The third kappa shape index (κ3) is 57.2. The van der Waals surface area contributed by atoms with Gasteiger partial charge in [0.15, 0.2) is 25.2 Å². The molecule has 0 aromatic carbocycles. The second-order valence-corrected chi connectivity index (χ2v) is 21.7. The molecule has 0 N–H and O–H groups in total. The Balaban J connectivity index is 4.44. The Hall–Kier alpha value is -0.800. The minimum atomic E-state index is -0.374. The Labute approximate surface area is 457 Å². The van der Waals surface area contributed by atoms with Gasteiger partial charge in [0.2, 0.25) is 0 Å². The quantitative estimate of drug-likeness (QED) is 0.0342. The fourth-order valence-corrected chi connectivity index (χ4v) is 9.25. The number of rotatable bonds is 64. The predicted molar refractivity (Wildman–Crippen MR) is 317 cm³/mol. The van der Waals surface area contributed by atoms with Crippen LogP contribution in [0.3, 0.4) is 0 Å². The first-order valence-corrected chi connectivity index (χ1v) is 32.8. The third-order valence-corrected chi connectivity index (χ3v) is 14.2. The van der Waals surface area contributed by atoms with E-state index in [0.29, 0.717) is 13.2 Å². The van der Waals surface area contributed by atoms with E-state index in [1.807, 2.05) is 0 Å². The lowest BCUT2D eigenvalue weighted by Gasteiger charge is -2.21. The zero-order chi connectivity index (χ0) is 52.9. The number of allylic oxidation sites excluding steroid dienone is 2. The molecule has 0 rings (SSSR count). The summed E-state index contributed by atoms with van der Waals surface area (Å²) >= 11 is 0. The van der Waals surface area contributed by atoms with Gasteiger partial charge in [0.25, 0.3) is 0 Å². The summed E-state index contributed by atoms with van der Waals surface area (Å²) in [7, 11) is 0. The van der Waals surface area contributed by atoms with Crippen LogP contribution in [0.25, 0.3) is 0 Å². The Morgan fingerprint density at radius 2 is 0.466 bits per heavy atom. The summed E-state index contributed by atoms with van der Waals surface area (Å²) < 4.78 is 43.9. The van der Waals surface area contributed by atoms with Crippen molar-refractivity contribution in [1.82, 2.24) is 0 Å². The maximum Gasteiger partial charge on any atom is 0.180 e. The van der Waals surface area contributed by atoms with Gasteiger partial charge in [-0.3, -0.25) is 0 Å². The van der Waals surface area contributed by atoms with Crippen molar-refractivity contribution in [1.29, 1.82) is 0 Å². The number of hydrogen-bond acceptors (Lipinski definition) is 7. The average molecular weight is 1040 g/mol. The molecule has 7 nitrogen and oxygen atoms in total. The molecular formula is C66H130O7. The largest absolute Gasteiger partial charge is 0.353 e. The molecule has 2 atom stereocenters. The minimum Gasteiger partial charge on any atom is -0.353 e. The summed E-state index contributed by atoms with van der Waals surface area (Å²) in [5, 5.41) is 0. The van der Waals surface area contributed by atoms with Gasteiger partial charge in [-0.15, -0.1) is 0 Å². The fraction of sp³-hybridized carbons (Fsp3) is 0.939. The van der Waals surface area contributed by atoms with E-state index in [1.165, 1.54) is 218 Å². The van der Waals surface area contributed by atoms with E-state index in [1.54, 1.807) is 0 Å². The fourth-order valence-electron chi connectivity index (χ4n) is 9.25. The molecule has 0 bridgehead atoms. The topological polar surface area (TPSA) is 64.6 Å². The molecule has 0 spiro atoms. The summed E-state index contributed by atoms with van der Waals surface area (Å²) in [5.41, 5.74) is 0. The highest BCUT2D eigenvalue weighted by molar-refractivity contribution is 4.90. The molecule has 2 unspecified atom stereocenters. The Bertz CT molecular complexity index is 940. The van der Waals surface area contributed by atoms with E-state index in [2.05, 4.69) is 65.8 Å². The van der Waals surface area contributed by atoms with Crippen LogP contribution in [-0.4, -0.2) is 64.8 Å². The van der Waals surface area contributed by atoms with Crippen LogP contribution in [0.15, 0.2) is 24.3 Å². The van der Waals surface area contributed by atoms with Crippen molar-refractivity contribution in [2.75, 3.05) is 39.6 Å². The Kier molecular flexibility index (Phi) is 63.0. The van der Waals surface area contributed by atoms with Crippen molar-refractivity contribution in [3.8, 4) is 0 Å². The Morgan fingerprint density at radius 1 is 0.233 bits per heavy atom. The van der Waals surface area contributed by atoms with Gasteiger partial charge in [-0.2, -0.15) is 0 Å². The molecule has 0 aliphatic heterocycles. The van der Waals surface area contributed by atoms with Crippen molar-refractivity contribution in [2.45, 2.75) is 362 Å². The summed E-state index contributed by atoms with van der Waals surface area (Å²) in [6.07, 6.45) is 65.6. The maximum absolute atomic E-state index is 6.46. The van der Waals surface area contributed by atoms with Gasteiger partial charge in [0, 0.05) is 26.4 Å². The average Bonchev–Trinajstić information content (AvgIpc) is 3.39. The standard InChI is InChI=1S/C66H130O7/c1-7-13-19-41-49-59-67-63(68-60-50-42-20-14-8-2)53-45-37-33-29-25-23-27-31-35-39-47-55-65(71-57-17-11-5)73-66(72-58-18-12-6)56-48-40-36-32-28-24-26-30-34-38-46-54-64(69-61-51-43-21-15-9-3)70-62-52-44-22-16-10-4/h47-48,55-56,63-66H,7-46,49-54,57-62H2,1-6H3. The third-order valence-electron chi connectivity index (χ3n) is 14.2. The van der Waals surface area contributed by atoms with E-state index in [0.717, 1.165) is 103 Å². The Morgan fingerprint density at radius 3 is 0.753 bits per heavy atom. The highest BCUT2D eigenvalue weighted by atomic mass is 16.8. The van der Waals surface area contributed by atoms with Crippen molar-refractivity contribution in [3.05, 3.63) is 24.3 Å². The molecule has 0 saturated carbocycles.